The van der Waals surface area contributed by atoms with Gasteiger partial charge in [0.05, 0.1) is 10.6 Å². The van der Waals surface area contributed by atoms with Crippen molar-refractivity contribution in [1.29, 1.82) is 0 Å². The van der Waals surface area contributed by atoms with Crippen molar-refractivity contribution in [3.05, 3.63) is 63.4 Å². The van der Waals surface area contributed by atoms with Gasteiger partial charge in [0.2, 0.25) is 5.91 Å². The molecule has 0 bridgehead atoms. The summed E-state index contributed by atoms with van der Waals surface area (Å²) in [6.45, 7) is 0.273. The Hall–Kier alpha value is -1.78. The van der Waals surface area contributed by atoms with Crippen molar-refractivity contribution in [2.75, 3.05) is 5.32 Å². The van der Waals surface area contributed by atoms with Crippen LogP contribution in [0.4, 0.5) is 10.1 Å². The second-order valence-corrected chi connectivity index (χ2v) is 4.99. The maximum Gasteiger partial charge on any atom is 0.250 e. The molecule has 104 valence electrons. The Bertz CT molecular complexity index is 662. The molecule has 20 heavy (non-hydrogen) atoms. The molecule has 3 nitrogen and oxygen atoms in total. The number of nitrogens with one attached hydrogen (secondary N) is 1. The van der Waals surface area contributed by atoms with Gasteiger partial charge in [0.25, 0.3) is 0 Å². The zero-order valence-electron chi connectivity index (χ0n) is 10.3. The number of amides is 1. The number of anilines is 1. The van der Waals surface area contributed by atoms with E-state index in [9.17, 15) is 9.18 Å². The highest BCUT2D eigenvalue weighted by atomic mass is 35.5. The molecule has 2 aromatic rings. The van der Waals surface area contributed by atoms with Crippen molar-refractivity contribution >= 4 is 34.8 Å². The average molecular weight is 313 g/mol. The predicted octanol–water partition coefficient (Wildman–Crippen LogP) is 3.84. The summed E-state index contributed by atoms with van der Waals surface area (Å²) in [6.07, 6.45) is 0. The molecule has 0 aliphatic heterocycles. The minimum Gasteiger partial charge on any atom is -0.381 e. The third-order valence-electron chi connectivity index (χ3n) is 2.73. The molecule has 0 fully saturated rings. The highest BCUT2D eigenvalue weighted by molar-refractivity contribution is 6.34. The van der Waals surface area contributed by atoms with E-state index in [4.69, 9.17) is 28.9 Å². The van der Waals surface area contributed by atoms with Crippen LogP contribution in [0.1, 0.15) is 15.9 Å². The van der Waals surface area contributed by atoms with Gasteiger partial charge in [-0.1, -0.05) is 29.3 Å². The van der Waals surface area contributed by atoms with Crippen molar-refractivity contribution in [2.45, 2.75) is 6.54 Å². The summed E-state index contributed by atoms with van der Waals surface area (Å²) in [7, 11) is 0. The smallest absolute Gasteiger partial charge is 0.250 e. The summed E-state index contributed by atoms with van der Waals surface area (Å²) in [6, 6.07) is 9.21. The predicted molar refractivity (Wildman–Crippen MR) is 78.7 cm³/mol. The van der Waals surface area contributed by atoms with E-state index in [1.54, 1.807) is 24.3 Å². The van der Waals surface area contributed by atoms with Crippen LogP contribution in [0.25, 0.3) is 0 Å². The van der Waals surface area contributed by atoms with E-state index in [1.165, 1.54) is 12.1 Å². The molecule has 0 aliphatic rings. The number of rotatable bonds is 4. The van der Waals surface area contributed by atoms with Gasteiger partial charge < -0.3 is 11.1 Å². The fraction of sp³-hybridized carbons (Fsp3) is 0.0714. The molecule has 0 spiro atoms. The molecule has 0 heterocycles. The summed E-state index contributed by atoms with van der Waals surface area (Å²) in [4.78, 5) is 11.0. The Morgan fingerprint density at radius 2 is 1.95 bits per heavy atom. The first-order chi connectivity index (χ1) is 9.47. The van der Waals surface area contributed by atoms with Gasteiger partial charge in [0.15, 0.2) is 0 Å². The summed E-state index contributed by atoms with van der Waals surface area (Å²) < 4.78 is 13.6. The molecule has 3 N–H and O–H groups in total. The van der Waals surface area contributed by atoms with Crippen molar-refractivity contribution in [1.82, 2.24) is 0 Å². The summed E-state index contributed by atoms with van der Waals surface area (Å²) in [5, 5.41) is 3.61. The van der Waals surface area contributed by atoms with Crippen LogP contribution in [-0.4, -0.2) is 5.91 Å². The number of carbonyl (C=O) groups is 1. The van der Waals surface area contributed by atoms with Crippen LogP contribution in [0.5, 0.6) is 0 Å². The van der Waals surface area contributed by atoms with Crippen LogP contribution >= 0.6 is 23.2 Å². The van der Waals surface area contributed by atoms with E-state index in [-0.39, 0.29) is 22.9 Å². The molecule has 2 aromatic carbocycles. The van der Waals surface area contributed by atoms with Gasteiger partial charge in [-0.3, -0.25) is 4.79 Å². The Morgan fingerprint density at radius 1 is 1.20 bits per heavy atom. The molecule has 1 amide bonds. The minimum absolute atomic E-state index is 0.245. The van der Waals surface area contributed by atoms with Crippen LogP contribution in [0.15, 0.2) is 36.4 Å². The molecular weight excluding hydrogens is 302 g/mol. The molecule has 0 saturated heterocycles. The van der Waals surface area contributed by atoms with Gasteiger partial charge >= 0.3 is 0 Å². The van der Waals surface area contributed by atoms with Crippen LogP contribution in [0.3, 0.4) is 0 Å². The fourth-order valence-corrected chi connectivity index (χ4v) is 2.12. The lowest BCUT2D eigenvalue weighted by molar-refractivity contribution is 0.100. The summed E-state index contributed by atoms with van der Waals surface area (Å²) in [5.41, 5.74) is 6.54. The molecule has 0 saturated carbocycles. The monoisotopic (exact) mass is 312 g/mol. The standard InChI is InChI=1S/C14H11Cl2FN2O/c15-9-2-1-8(13(17)5-9)7-19-10-3-4-11(14(18)20)12(16)6-10/h1-6,19H,7H2,(H2,18,20). The first-order valence-electron chi connectivity index (χ1n) is 5.74. The van der Waals surface area contributed by atoms with Gasteiger partial charge in [0, 0.05) is 22.8 Å². The second-order valence-electron chi connectivity index (χ2n) is 4.15. The van der Waals surface area contributed by atoms with E-state index in [0.29, 0.717) is 16.3 Å². The van der Waals surface area contributed by atoms with Gasteiger partial charge in [-0.25, -0.2) is 4.39 Å². The maximum atomic E-state index is 13.6. The number of carbonyl (C=O) groups excluding carboxylic acids is 1. The lowest BCUT2D eigenvalue weighted by Gasteiger charge is -2.09. The zero-order chi connectivity index (χ0) is 14.7. The molecule has 0 atom stereocenters. The highest BCUT2D eigenvalue weighted by Crippen LogP contribution is 2.22. The maximum absolute atomic E-state index is 13.6. The lowest BCUT2D eigenvalue weighted by Crippen LogP contribution is -2.11. The number of primary amides is 1. The normalized spacial score (nSPS) is 10.3. The Kier molecular flexibility index (Phi) is 4.47. The third kappa shape index (κ3) is 3.40. The Balaban J connectivity index is 2.11. The van der Waals surface area contributed by atoms with E-state index in [2.05, 4.69) is 5.32 Å². The van der Waals surface area contributed by atoms with E-state index < -0.39 is 5.91 Å². The average Bonchev–Trinajstić information content (AvgIpc) is 2.37. The van der Waals surface area contributed by atoms with E-state index in [1.807, 2.05) is 0 Å². The first kappa shape index (κ1) is 14.6. The topological polar surface area (TPSA) is 55.1 Å². The third-order valence-corrected chi connectivity index (χ3v) is 3.28. The van der Waals surface area contributed by atoms with Crippen molar-refractivity contribution in [2.24, 2.45) is 5.73 Å². The highest BCUT2D eigenvalue weighted by Gasteiger charge is 2.08. The largest absolute Gasteiger partial charge is 0.381 e. The van der Waals surface area contributed by atoms with Crippen molar-refractivity contribution < 1.29 is 9.18 Å². The molecule has 2 rings (SSSR count). The molecule has 0 aromatic heterocycles. The number of nitrogens with two attached hydrogens (primary N) is 1. The molecule has 0 aliphatic carbocycles. The van der Waals surface area contributed by atoms with Gasteiger partial charge in [-0.2, -0.15) is 0 Å². The quantitative estimate of drug-likeness (QED) is 0.901. The van der Waals surface area contributed by atoms with Gasteiger partial charge in [-0.15, -0.1) is 0 Å². The van der Waals surface area contributed by atoms with Gasteiger partial charge in [0.1, 0.15) is 5.82 Å². The van der Waals surface area contributed by atoms with Crippen LogP contribution in [0, 0.1) is 5.82 Å². The SMILES string of the molecule is NC(=O)c1ccc(NCc2ccc(Cl)cc2F)cc1Cl. The molecular formula is C14H11Cl2FN2O. The molecule has 0 radical (unpaired) electrons. The zero-order valence-corrected chi connectivity index (χ0v) is 11.8. The van der Waals surface area contributed by atoms with E-state index >= 15 is 0 Å². The van der Waals surface area contributed by atoms with Crippen LogP contribution in [-0.2, 0) is 6.54 Å². The first-order valence-corrected chi connectivity index (χ1v) is 6.50. The van der Waals surface area contributed by atoms with Crippen LogP contribution < -0.4 is 11.1 Å². The number of benzene rings is 2. The Morgan fingerprint density at radius 3 is 2.55 bits per heavy atom. The van der Waals surface area contributed by atoms with E-state index in [0.717, 1.165) is 0 Å². The Labute approximate surface area is 125 Å². The number of hydrogen-bond donors (Lipinski definition) is 2. The summed E-state index contributed by atoms with van der Waals surface area (Å²) >= 11 is 11.6. The van der Waals surface area contributed by atoms with Crippen molar-refractivity contribution in [3.63, 3.8) is 0 Å². The summed E-state index contributed by atoms with van der Waals surface area (Å²) in [5.74, 6) is -0.977. The number of halogens is 3. The van der Waals surface area contributed by atoms with Gasteiger partial charge in [-0.05, 0) is 30.3 Å². The molecule has 0 unspecified atom stereocenters. The van der Waals surface area contributed by atoms with Crippen LogP contribution in [0.2, 0.25) is 10.0 Å². The molecule has 6 heteroatoms. The number of hydrogen-bond acceptors (Lipinski definition) is 2. The lowest BCUT2D eigenvalue weighted by atomic mass is 10.1. The minimum atomic E-state index is -0.592. The second kappa shape index (κ2) is 6.11. The van der Waals surface area contributed by atoms with Crippen molar-refractivity contribution in [3.8, 4) is 0 Å². The fourth-order valence-electron chi connectivity index (χ4n) is 1.69.